The van der Waals surface area contributed by atoms with E-state index in [2.05, 4.69) is 34.5 Å². The fourth-order valence-corrected chi connectivity index (χ4v) is 3.40. The van der Waals surface area contributed by atoms with Gasteiger partial charge in [0.15, 0.2) is 0 Å². The number of methoxy groups -OCH3 is 1. The Bertz CT molecular complexity index is 954. The van der Waals surface area contributed by atoms with Crippen molar-refractivity contribution in [1.29, 1.82) is 5.26 Å². The number of hydrogen-bond acceptors (Lipinski definition) is 4. The number of pyridine rings is 1. The van der Waals surface area contributed by atoms with Crippen LogP contribution in [0.2, 0.25) is 5.02 Å². The van der Waals surface area contributed by atoms with E-state index in [0.29, 0.717) is 28.3 Å². The maximum Gasteiger partial charge on any atom is 0.297 e. The van der Waals surface area contributed by atoms with Crippen molar-refractivity contribution < 1.29 is 4.74 Å². The van der Waals surface area contributed by atoms with Crippen LogP contribution in [0.25, 0.3) is 22.3 Å². The number of imidazole rings is 1. The van der Waals surface area contributed by atoms with E-state index in [9.17, 15) is 0 Å². The van der Waals surface area contributed by atoms with Crippen LogP contribution in [0, 0.1) is 11.3 Å². The van der Waals surface area contributed by atoms with Crippen molar-refractivity contribution in [2.75, 3.05) is 7.11 Å². The molecule has 0 aliphatic heterocycles. The fraction of sp³-hybridized carbons (Fsp3) is 0.316. The molecule has 1 aromatic carbocycles. The largest absolute Gasteiger partial charge is 0.468 e. The highest BCUT2D eigenvalue weighted by molar-refractivity contribution is 6.33. The van der Waals surface area contributed by atoms with Gasteiger partial charge in [-0.2, -0.15) is 10.2 Å². The van der Waals surface area contributed by atoms with Crippen LogP contribution in [0.5, 0.6) is 6.01 Å². The van der Waals surface area contributed by atoms with Crippen molar-refractivity contribution in [3.63, 3.8) is 0 Å². The zero-order valence-electron chi connectivity index (χ0n) is 14.5. The van der Waals surface area contributed by atoms with Crippen LogP contribution in [0.3, 0.4) is 0 Å². The number of ether oxygens (including phenoxy) is 1. The first kappa shape index (κ1) is 17.2. The van der Waals surface area contributed by atoms with E-state index in [0.717, 1.165) is 29.4 Å². The maximum absolute atomic E-state index is 9.03. The van der Waals surface area contributed by atoms with Gasteiger partial charge in [-0.25, -0.2) is 0 Å². The molecule has 3 aromatic rings. The highest BCUT2D eigenvalue weighted by atomic mass is 35.5. The third-order valence-corrected chi connectivity index (χ3v) is 4.73. The molecule has 3 rings (SSSR count). The average molecular weight is 355 g/mol. The Hall–Kier alpha value is -2.58. The van der Waals surface area contributed by atoms with Crippen molar-refractivity contribution in [2.45, 2.75) is 32.7 Å². The van der Waals surface area contributed by atoms with Gasteiger partial charge in [-0.15, -0.1) is 0 Å². The van der Waals surface area contributed by atoms with Crippen LogP contribution in [0.1, 0.15) is 38.3 Å². The van der Waals surface area contributed by atoms with Crippen molar-refractivity contribution in [1.82, 2.24) is 14.5 Å². The van der Waals surface area contributed by atoms with Crippen LogP contribution in [0.4, 0.5) is 0 Å². The molecule has 0 radical (unpaired) electrons. The summed E-state index contributed by atoms with van der Waals surface area (Å²) in [6.45, 7) is 4.30. The van der Waals surface area contributed by atoms with Crippen LogP contribution >= 0.6 is 11.6 Å². The van der Waals surface area contributed by atoms with Crippen molar-refractivity contribution in [3.05, 3.63) is 41.0 Å². The molecule has 0 bridgehead atoms. The molecule has 0 fully saturated rings. The molecule has 0 saturated heterocycles. The van der Waals surface area contributed by atoms with E-state index in [1.165, 1.54) is 0 Å². The lowest BCUT2D eigenvalue weighted by molar-refractivity contribution is 0.333. The summed E-state index contributed by atoms with van der Waals surface area (Å²) in [6.07, 6.45) is 3.72. The minimum absolute atomic E-state index is 0.298. The Morgan fingerprint density at radius 2 is 2.04 bits per heavy atom. The first-order valence-electron chi connectivity index (χ1n) is 8.25. The lowest BCUT2D eigenvalue weighted by Gasteiger charge is -2.17. The summed E-state index contributed by atoms with van der Waals surface area (Å²) in [5.74, 6) is 0. The minimum atomic E-state index is 0.298. The van der Waals surface area contributed by atoms with Gasteiger partial charge in [0.2, 0.25) is 0 Å². The molecular weight excluding hydrogens is 336 g/mol. The van der Waals surface area contributed by atoms with E-state index < -0.39 is 0 Å². The Morgan fingerprint density at radius 1 is 1.28 bits per heavy atom. The van der Waals surface area contributed by atoms with E-state index in [-0.39, 0.29) is 0 Å². The molecule has 0 spiro atoms. The smallest absolute Gasteiger partial charge is 0.297 e. The van der Waals surface area contributed by atoms with Gasteiger partial charge in [0.1, 0.15) is 5.52 Å². The highest BCUT2D eigenvalue weighted by Gasteiger charge is 2.21. The monoisotopic (exact) mass is 354 g/mol. The molecule has 128 valence electrons. The molecule has 0 aliphatic rings. The van der Waals surface area contributed by atoms with E-state index >= 15 is 0 Å². The zero-order valence-corrected chi connectivity index (χ0v) is 15.2. The first-order valence-corrected chi connectivity index (χ1v) is 8.63. The number of benzene rings is 1. The summed E-state index contributed by atoms with van der Waals surface area (Å²) in [5, 5.41) is 9.51. The summed E-state index contributed by atoms with van der Waals surface area (Å²) in [4.78, 5) is 9.16. The first-order chi connectivity index (χ1) is 12.1. The van der Waals surface area contributed by atoms with E-state index in [1.54, 1.807) is 25.4 Å². The topological polar surface area (TPSA) is 63.7 Å². The normalized spacial score (nSPS) is 11.0. The van der Waals surface area contributed by atoms with E-state index in [1.807, 2.05) is 12.1 Å². The molecule has 0 N–H and O–H groups in total. The Labute approximate surface area is 151 Å². The van der Waals surface area contributed by atoms with Crippen molar-refractivity contribution in [3.8, 4) is 23.3 Å². The van der Waals surface area contributed by atoms with Gasteiger partial charge >= 0.3 is 0 Å². The molecule has 0 aliphatic carbocycles. The Balaban J connectivity index is 2.27. The second kappa shape index (κ2) is 7.12. The number of fused-ring (bicyclic) bond motifs is 1. The van der Waals surface area contributed by atoms with Crippen LogP contribution in [-0.2, 0) is 0 Å². The lowest BCUT2D eigenvalue weighted by Crippen LogP contribution is -2.08. The van der Waals surface area contributed by atoms with Gasteiger partial charge in [0, 0.05) is 17.8 Å². The molecule has 0 saturated carbocycles. The molecule has 2 heterocycles. The summed E-state index contributed by atoms with van der Waals surface area (Å²) in [5.41, 5.74) is 3.67. The van der Waals surface area contributed by atoms with Gasteiger partial charge in [0.05, 0.1) is 35.0 Å². The Kier molecular flexibility index (Phi) is 4.91. The second-order valence-corrected chi connectivity index (χ2v) is 6.18. The predicted molar refractivity (Wildman–Crippen MR) is 98.9 cm³/mol. The zero-order chi connectivity index (χ0) is 18.0. The number of aromatic nitrogens is 3. The third-order valence-electron chi connectivity index (χ3n) is 4.42. The lowest BCUT2D eigenvalue weighted by atomic mass is 10.1. The summed E-state index contributed by atoms with van der Waals surface area (Å²) in [7, 11) is 1.63. The third kappa shape index (κ3) is 2.94. The van der Waals surface area contributed by atoms with Gasteiger partial charge in [-0.05, 0) is 37.1 Å². The van der Waals surface area contributed by atoms with Gasteiger partial charge < -0.3 is 4.74 Å². The van der Waals surface area contributed by atoms with Crippen LogP contribution in [-0.4, -0.2) is 21.6 Å². The predicted octanol–water partition coefficient (Wildman–Crippen LogP) is 4.99. The SMILES string of the molecule is CCC(CC)n1c(OC)nc2c(-c3ccc(C#N)cc3Cl)nccc21. The van der Waals surface area contributed by atoms with Gasteiger partial charge in [-0.3, -0.25) is 9.55 Å². The molecule has 6 heteroatoms. The molecule has 0 unspecified atom stereocenters. The van der Waals surface area contributed by atoms with Crippen LogP contribution < -0.4 is 4.74 Å². The Morgan fingerprint density at radius 3 is 2.64 bits per heavy atom. The van der Waals surface area contributed by atoms with Crippen molar-refractivity contribution in [2.24, 2.45) is 0 Å². The van der Waals surface area contributed by atoms with Gasteiger partial charge in [-0.1, -0.05) is 25.4 Å². The highest BCUT2D eigenvalue weighted by Crippen LogP contribution is 2.36. The fourth-order valence-electron chi connectivity index (χ4n) is 3.13. The number of hydrogen-bond donors (Lipinski definition) is 0. The number of nitriles is 1. The molecule has 25 heavy (non-hydrogen) atoms. The standard InChI is InChI=1S/C19H19ClN4O/c1-4-13(5-2)24-16-8-9-22-17(18(16)23-19(24)25-3)14-7-6-12(11-21)10-15(14)20/h6-10,13H,4-5H2,1-3H3. The second-order valence-electron chi connectivity index (χ2n) is 5.77. The van der Waals surface area contributed by atoms with Gasteiger partial charge in [0.25, 0.3) is 6.01 Å². The summed E-state index contributed by atoms with van der Waals surface area (Å²) >= 11 is 6.38. The quantitative estimate of drug-likeness (QED) is 0.647. The molecular formula is C19H19ClN4O. The maximum atomic E-state index is 9.03. The number of halogens is 1. The molecule has 2 aromatic heterocycles. The van der Waals surface area contributed by atoms with Crippen molar-refractivity contribution >= 4 is 22.6 Å². The summed E-state index contributed by atoms with van der Waals surface area (Å²) < 4.78 is 7.64. The molecule has 5 nitrogen and oxygen atoms in total. The number of rotatable bonds is 5. The summed E-state index contributed by atoms with van der Waals surface area (Å²) in [6, 6.07) is 10.1. The average Bonchev–Trinajstić information content (AvgIpc) is 3.02. The van der Waals surface area contributed by atoms with E-state index in [4.69, 9.17) is 21.6 Å². The molecule has 0 amide bonds. The minimum Gasteiger partial charge on any atom is -0.468 e. The molecule has 0 atom stereocenters. The van der Waals surface area contributed by atoms with Crippen LogP contribution in [0.15, 0.2) is 30.5 Å². The number of nitrogens with zero attached hydrogens (tertiary/aromatic N) is 4.